The molecule has 0 spiro atoms. The summed E-state index contributed by atoms with van der Waals surface area (Å²) in [6.45, 7) is 8.59. The van der Waals surface area contributed by atoms with Crippen LogP contribution in [0.2, 0.25) is 0 Å². The van der Waals surface area contributed by atoms with E-state index < -0.39 is 5.41 Å². The van der Waals surface area contributed by atoms with Crippen molar-refractivity contribution in [2.24, 2.45) is 11.1 Å². The van der Waals surface area contributed by atoms with E-state index in [9.17, 15) is 4.79 Å². The molecule has 1 aromatic rings. The Balaban J connectivity index is 2.55. The lowest BCUT2D eigenvalue weighted by molar-refractivity contribution is -0.125. The SMILES string of the molecule is CCc1ccc([C@H](C)NCC(C)(C)C(N)=O)s1. The quantitative estimate of drug-likeness (QED) is 0.819. The number of carbonyl (C=O) groups excluding carboxylic acids is 1. The van der Waals surface area contributed by atoms with E-state index in [-0.39, 0.29) is 11.9 Å². The van der Waals surface area contributed by atoms with Crippen molar-refractivity contribution in [1.82, 2.24) is 5.32 Å². The first-order chi connectivity index (χ1) is 7.86. The number of nitrogens with one attached hydrogen (secondary N) is 1. The highest BCUT2D eigenvalue weighted by Crippen LogP contribution is 2.24. The third-order valence-electron chi connectivity index (χ3n) is 2.97. The van der Waals surface area contributed by atoms with Crippen LogP contribution in [0, 0.1) is 5.41 Å². The number of primary amides is 1. The summed E-state index contributed by atoms with van der Waals surface area (Å²) in [4.78, 5) is 13.9. The highest BCUT2D eigenvalue weighted by Gasteiger charge is 2.25. The molecule has 0 saturated carbocycles. The van der Waals surface area contributed by atoms with Crippen LogP contribution in [0.3, 0.4) is 0 Å². The summed E-state index contributed by atoms with van der Waals surface area (Å²) in [7, 11) is 0. The normalized spacial score (nSPS) is 13.6. The second-order valence-corrected chi connectivity index (χ2v) is 6.21. The van der Waals surface area contributed by atoms with E-state index in [4.69, 9.17) is 5.73 Å². The van der Waals surface area contributed by atoms with E-state index in [2.05, 4.69) is 31.3 Å². The Morgan fingerprint density at radius 3 is 2.65 bits per heavy atom. The van der Waals surface area contributed by atoms with Gasteiger partial charge in [0.05, 0.1) is 5.41 Å². The van der Waals surface area contributed by atoms with Gasteiger partial charge in [-0.25, -0.2) is 0 Å². The molecule has 1 amide bonds. The smallest absolute Gasteiger partial charge is 0.224 e. The van der Waals surface area contributed by atoms with Crippen LogP contribution in [0.25, 0.3) is 0 Å². The van der Waals surface area contributed by atoms with Crippen molar-refractivity contribution in [2.45, 2.75) is 40.2 Å². The van der Waals surface area contributed by atoms with Gasteiger partial charge in [0, 0.05) is 22.3 Å². The van der Waals surface area contributed by atoms with Crippen molar-refractivity contribution in [3.8, 4) is 0 Å². The highest BCUT2D eigenvalue weighted by atomic mass is 32.1. The summed E-state index contributed by atoms with van der Waals surface area (Å²) in [6, 6.07) is 4.58. The van der Waals surface area contributed by atoms with Gasteiger partial charge in [-0.05, 0) is 39.3 Å². The molecule has 0 saturated heterocycles. The van der Waals surface area contributed by atoms with Crippen molar-refractivity contribution >= 4 is 17.2 Å². The fraction of sp³-hybridized carbons (Fsp3) is 0.615. The van der Waals surface area contributed by atoms with E-state index in [0.29, 0.717) is 6.54 Å². The van der Waals surface area contributed by atoms with Gasteiger partial charge in [0.25, 0.3) is 0 Å². The lowest BCUT2D eigenvalue weighted by atomic mass is 9.92. The van der Waals surface area contributed by atoms with Crippen LogP contribution in [0.4, 0.5) is 0 Å². The van der Waals surface area contributed by atoms with Crippen molar-refractivity contribution in [1.29, 1.82) is 0 Å². The second-order valence-electron chi connectivity index (χ2n) is 5.01. The number of aryl methyl sites for hydroxylation is 1. The summed E-state index contributed by atoms with van der Waals surface area (Å²) < 4.78 is 0. The standard InChI is InChI=1S/C13H22N2OS/c1-5-10-6-7-11(17-10)9(2)15-8-13(3,4)12(14)16/h6-7,9,15H,5,8H2,1-4H3,(H2,14,16)/t9-/m0/s1. The van der Waals surface area contributed by atoms with Crippen LogP contribution in [0.15, 0.2) is 12.1 Å². The van der Waals surface area contributed by atoms with Gasteiger partial charge < -0.3 is 11.1 Å². The average molecular weight is 254 g/mol. The molecule has 0 aliphatic heterocycles. The summed E-state index contributed by atoms with van der Waals surface area (Å²) >= 11 is 1.82. The van der Waals surface area contributed by atoms with Crippen molar-refractivity contribution in [3.63, 3.8) is 0 Å². The number of hydrogen-bond acceptors (Lipinski definition) is 3. The molecule has 17 heavy (non-hydrogen) atoms. The number of thiophene rings is 1. The van der Waals surface area contributed by atoms with Gasteiger partial charge >= 0.3 is 0 Å². The third kappa shape index (κ3) is 3.82. The van der Waals surface area contributed by atoms with Crippen LogP contribution in [0.5, 0.6) is 0 Å². The Labute approximate surface area is 107 Å². The van der Waals surface area contributed by atoms with Crippen LogP contribution in [-0.4, -0.2) is 12.5 Å². The number of hydrogen-bond donors (Lipinski definition) is 2. The Morgan fingerprint density at radius 1 is 1.53 bits per heavy atom. The Kier molecular flexibility index (Phi) is 4.71. The van der Waals surface area contributed by atoms with Gasteiger partial charge in [-0.2, -0.15) is 0 Å². The fourth-order valence-corrected chi connectivity index (χ4v) is 2.39. The molecule has 0 bridgehead atoms. The molecule has 4 heteroatoms. The molecule has 0 aliphatic rings. The summed E-state index contributed by atoms with van der Waals surface area (Å²) in [5, 5.41) is 3.37. The lowest BCUT2D eigenvalue weighted by Crippen LogP contribution is -2.41. The monoisotopic (exact) mass is 254 g/mol. The number of nitrogens with two attached hydrogens (primary N) is 1. The molecule has 1 atom stereocenters. The molecule has 1 aromatic heterocycles. The predicted octanol–water partition coefficient (Wildman–Crippen LogP) is 2.47. The van der Waals surface area contributed by atoms with Crippen LogP contribution < -0.4 is 11.1 Å². The van der Waals surface area contributed by atoms with Gasteiger partial charge in [0.15, 0.2) is 0 Å². The molecule has 0 fully saturated rings. The van der Waals surface area contributed by atoms with Crippen LogP contribution >= 0.6 is 11.3 Å². The molecule has 96 valence electrons. The topological polar surface area (TPSA) is 55.1 Å². The molecule has 3 nitrogen and oxygen atoms in total. The van der Waals surface area contributed by atoms with E-state index >= 15 is 0 Å². The maximum atomic E-state index is 11.2. The average Bonchev–Trinajstić information content (AvgIpc) is 2.74. The predicted molar refractivity (Wildman–Crippen MR) is 73.1 cm³/mol. The zero-order chi connectivity index (χ0) is 13.1. The minimum Gasteiger partial charge on any atom is -0.369 e. The summed E-state index contributed by atoms with van der Waals surface area (Å²) in [5.41, 5.74) is 4.84. The summed E-state index contributed by atoms with van der Waals surface area (Å²) in [5.74, 6) is -0.266. The first kappa shape index (κ1) is 14.2. The van der Waals surface area contributed by atoms with E-state index in [1.807, 2.05) is 25.2 Å². The van der Waals surface area contributed by atoms with E-state index in [1.165, 1.54) is 9.75 Å². The maximum Gasteiger partial charge on any atom is 0.224 e. The zero-order valence-electron chi connectivity index (χ0n) is 11.0. The van der Waals surface area contributed by atoms with Crippen molar-refractivity contribution in [3.05, 3.63) is 21.9 Å². The van der Waals surface area contributed by atoms with Crippen molar-refractivity contribution < 1.29 is 4.79 Å². The number of amides is 1. The molecule has 3 N–H and O–H groups in total. The van der Waals surface area contributed by atoms with Crippen molar-refractivity contribution in [2.75, 3.05) is 6.54 Å². The maximum absolute atomic E-state index is 11.2. The molecular weight excluding hydrogens is 232 g/mol. The highest BCUT2D eigenvalue weighted by molar-refractivity contribution is 7.12. The molecule has 0 radical (unpaired) electrons. The molecule has 1 heterocycles. The minimum atomic E-state index is -0.501. The van der Waals surface area contributed by atoms with Crippen LogP contribution in [0.1, 0.15) is 43.5 Å². The van der Waals surface area contributed by atoms with Gasteiger partial charge in [0.1, 0.15) is 0 Å². The molecular formula is C13H22N2OS. The second kappa shape index (κ2) is 5.65. The molecule has 1 rings (SSSR count). The van der Waals surface area contributed by atoms with Gasteiger partial charge in [-0.3, -0.25) is 4.79 Å². The first-order valence-corrected chi connectivity index (χ1v) is 6.80. The van der Waals surface area contributed by atoms with Gasteiger partial charge in [0.2, 0.25) is 5.91 Å². The largest absolute Gasteiger partial charge is 0.369 e. The van der Waals surface area contributed by atoms with Gasteiger partial charge in [-0.1, -0.05) is 6.92 Å². The van der Waals surface area contributed by atoms with E-state index in [0.717, 1.165) is 6.42 Å². The summed E-state index contributed by atoms with van der Waals surface area (Å²) in [6.07, 6.45) is 1.07. The minimum absolute atomic E-state index is 0.263. The first-order valence-electron chi connectivity index (χ1n) is 5.98. The molecule has 0 aromatic carbocycles. The Hall–Kier alpha value is -0.870. The van der Waals surface area contributed by atoms with E-state index in [1.54, 1.807) is 0 Å². The van der Waals surface area contributed by atoms with Gasteiger partial charge in [-0.15, -0.1) is 11.3 Å². The number of rotatable bonds is 6. The number of carbonyl (C=O) groups is 1. The lowest BCUT2D eigenvalue weighted by Gasteiger charge is -2.23. The molecule has 0 aliphatic carbocycles. The Bertz CT molecular complexity index is 385. The zero-order valence-corrected chi connectivity index (χ0v) is 11.9. The third-order valence-corrected chi connectivity index (χ3v) is 4.39. The fourth-order valence-electron chi connectivity index (χ4n) is 1.41. The Morgan fingerprint density at radius 2 is 2.18 bits per heavy atom. The van der Waals surface area contributed by atoms with Crippen LogP contribution in [-0.2, 0) is 11.2 Å². The molecule has 0 unspecified atom stereocenters.